The number of nitro groups is 1. The Hall–Kier alpha value is -3.38. The van der Waals surface area contributed by atoms with Gasteiger partial charge in [0.2, 0.25) is 0 Å². The van der Waals surface area contributed by atoms with Crippen LogP contribution in [0.25, 0.3) is 6.08 Å². The number of aliphatic imine (C=N–C) groups is 1. The Morgan fingerprint density at radius 2 is 2.09 bits per heavy atom. The van der Waals surface area contributed by atoms with Crippen LogP contribution in [0, 0.1) is 17.0 Å². The van der Waals surface area contributed by atoms with E-state index in [-0.39, 0.29) is 17.3 Å². The fraction of sp³-hybridized carbons (Fsp3) is 0.190. The smallest absolute Gasteiger partial charge is 0.341 e. The topological polar surface area (TPSA) is 140 Å². The minimum Gasteiger partial charge on any atom is -0.490 e. The summed E-state index contributed by atoms with van der Waals surface area (Å²) in [5.41, 5.74) is 1.70. The maximum absolute atomic E-state index is 12.4. The molecule has 0 aromatic heterocycles. The second kappa shape index (κ2) is 10.5. The lowest BCUT2D eigenvalue weighted by molar-refractivity contribution is -0.384. The highest BCUT2D eigenvalue weighted by atomic mass is 79.9. The van der Waals surface area contributed by atoms with Crippen molar-refractivity contribution in [1.82, 2.24) is 5.32 Å². The van der Waals surface area contributed by atoms with Gasteiger partial charge in [0, 0.05) is 12.1 Å². The van der Waals surface area contributed by atoms with Crippen molar-refractivity contribution in [1.29, 1.82) is 0 Å². The van der Waals surface area contributed by atoms with Crippen LogP contribution in [-0.2, 0) is 9.59 Å². The third kappa shape index (κ3) is 6.11. The van der Waals surface area contributed by atoms with Crippen molar-refractivity contribution in [3.8, 4) is 11.5 Å². The number of nitrogens with one attached hydrogen (secondary N) is 1. The zero-order valence-electron chi connectivity index (χ0n) is 17.5. The molecule has 33 heavy (non-hydrogen) atoms. The lowest BCUT2D eigenvalue weighted by Gasteiger charge is -2.13. The van der Waals surface area contributed by atoms with E-state index in [9.17, 15) is 19.7 Å². The number of carboxylic acids is 1. The van der Waals surface area contributed by atoms with E-state index >= 15 is 0 Å². The number of nitro benzene ring substituents is 1. The number of non-ortho nitro benzene ring substituents is 1. The summed E-state index contributed by atoms with van der Waals surface area (Å²) in [6.07, 6.45) is 1.64. The van der Waals surface area contributed by atoms with E-state index in [1.165, 1.54) is 18.2 Å². The van der Waals surface area contributed by atoms with Crippen LogP contribution in [0.1, 0.15) is 18.1 Å². The minimum atomic E-state index is -1.12. The van der Waals surface area contributed by atoms with E-state index in [0.717, 1.165) is 11.8 Å². The van der Waals surface area contributed by atoms with Crippen molar-refractivity contribution in [2.75, 3.05) is 13.2 Å². The van der Waals surface area contributed by atoms with Crippen LogP contribution in [-0.4, -0.2) is 40.3 Å². The van der Waals surface area contributed by atoms with E-state index in [1.54, 1.807) is 32.1 Å². The Morgan fingerprint density at radius 1 is 1.33 bits per heavy atom. The normalized spacial score (nSPS) is 15.5. The van der Waals surface area contributed by atoms with Gasteiger partial charge in [-0.15, -0.1) is 0 Å². The number of hydrogen-bond acceptors (Lipinski definition) is 8. The number of thioether (sulfide) groups is 1. The van der Waals surface area contributed by atoms with Gasteiger partial charge in [0.1, 0.15) is 0 Å². The molecule has 0 radical (unpaired) electrons. The number of halogens is 1. The summed E-state index contributed by atoms with van der Waals surface area (Å²) >= 11 is 4.48. The molecule has 1 aliphatic rings. The summed E-state index contributed by atoms with van der Waals surface area (Å²) < 4.78 is 11.3. The maximum Gasteiger partial charge on any atom is 0.341 e. The van der Waals surface area contributed by atoms with Gasteiger partial charge in [-0.25, -0.2) is 9.79 Å². The average molecular weight is 536 g/mol. The molecule has 0 aliphatic carbocycles. The van der Waals surface area contributed by atoms with Crippen molar-refractivity contribution in [2.24, 2.45) is 4.99 Å². The lowest BCUT2D eigenvalue weighted by Crippen LogP contribution is -2.19. The van der Waals surface area contributed by atoms with Crippen LogP contribution < -0.4 is 14.8 Å². The second-order valence-corrected chi connectivity index (χ2v) is 8.54. The number of aryl methyl sites for hydroxylation is 1. The zero-order chi connectivity index (χ0) is 24.1. The third-order valence-electron chi connectivity index (χ3n) is 4.23. The van der Waals surface area contributed by atoms with Gasteiger partial charge in [0.05, 0.1) is 26.6 Å². The molecule has 1 aliphatic heterocycles. The van der Waals surface area contributed by atoms with Crippen molar-refractivity contribution in [3.63, 3.8) is 0 Å². The molecule has 1 fully saturated rings. The molecular formula is C21H18BrN3O7S. The number of amides is 1. The van der Waals surface area contributed by atoms with Gasteiger partial charge in [0.25, 0.3) is 11.6 Å². The Bertz CT molecular complexity index is 1200. The SMILES string of the molecule is CCOc1cc(/C=C2/SC(=Nc3ccc([N+](=O)[O-])cc3C)NC2=O)cc(Br)c1OCC(=O)O. The molecule has 1 amide bonds. The van der Waals surface area contributed by atoms with Gasteiger partial charge in [-0.05, 0) is 76.9 Å². The van der Waals surface area contributed by atoms with Crippen LogP contribution in [0.5, 0.6) is 11.5 Å². The molecule has 1 saturated heterocycles. The fourth-order valence-electron chi connectivity index (χ4n) is 2.83. The summed E-state index contributed by atoms with van der Waals surface area (Å²) in [6.45, 7) is 3.28. The first-order valence-corrected chi connectivity index (χ1v) is 11.1. The van der Waals surface area contributed by atoms with Crippen molar-refractivity contribution in [3.05, 3.63) is 61.0 Å². The molecular weight excluding hydrogens is 518 g/mol. The summed E-state index contributed by atoms with van der Waals surface area (Å²) in [5.74, 6) is -0.886. The van der Waals surface area contributed by atoms with Gasteiger partial charge in [-0.3, -0.25) is 14.9 Å². The summed E-state index contributed by atoms with van der Waals surface area (Å²) in [5, 5.41) is 22.8. The van der Waals surface area contributed by atoms with E-state index in [1.807, 2.05) is 0 Å². The van der Waals surface area contributed by atoms with Crippen molar-refractivity contribution >= 4 is 62.2 Å². The number of amidine groups is 1. The molecule has 2 N–H and O–H groups in total. The van der Waals surface area contributed by atoms with Gasteiger partial charge in [-0.2, -0.15) is 0 Å². The number of carbonyl (C=O) groups is 2. The second-order valence-electron chi connectivity index (χ2n) is 6.66. The van der Waals surface area contributed by atoms with E-state index in [0.29, 0.717) is 43.7 Å². The number of ether oxygens (including phenoxy) is 2. The number of hydrogen-bond donors (Lipinski definition) is 2. The molecule has 0 bridgehead atoms. The molecule has 2 aromatic rings. The summed E-state index contributed by atoms with van der Waals surface area (Å²) in [7, 11) is 0. The number of aliphatic carboxylic acids is 1. The largest absolute Gasteiger partial charge is 0.490 e. The predicted molar refractivity (Wildman–Crippen MR) is 127 cm³/mol. The molecule has 10 nitrogen and oxygen atoms in total. The molecule has 172 valence electrons. The number of benzene rings is 2. The molecule has 0 atom stereocenters. The van der Waals surface area contributed by atoms with Crippen molar-refractivity contribution < 1.29 is 29.1 Å². The van der Waals surface area contributed by atoms with E-state index in [4.69, 9.17) is 14.6 Å². The highest BCUT2D eigenvalue weighted by Crippen LogP contribution is 2.38. The molecule has 2 aromatic carbocycles. The number of nitrogens with zero attached hydrogens (tertiary/aromatic N) is 2. The quantitative estimate of drug-likeness (QED) is 0.287. The van der Waals surface area contributed by atoms with Crippen LogP contribution in [0.3, 0.4) is 0 Å². The summed E-state index contributed by atoms with van der Waals surface area (Å²) in [6, 6.07) is 7.61. The van der Waals surface area contributed by atoms with Crippen LogP contribution in [0.15, 0.2) is 44.7 Å². The van der Waals surface area contributed by atoms with Gasteiger partial charge in [-0.1, -0.05) is 0 Å². The Labute approximate surface area is 201 Å². The minimum absolute atomic E-state index is 0.0356. The monoisotopic (exact) mass is 535 g/mol. The first kappa shape index (κ1) is 24.3. The predicted octanol–water partition coefficient (Wildman–Crippen LogP) is 4.42. The molecule has 0 spiro atoms. The Kier molecular flexibility index (Phi) is 7.71. The van der Waals surface area contributed by atoms with Gasteiger partial charge < -0.3 is 19.9 Å². The average Bonchev–Trinajstić information content (AvgIpc) is 3.07. The fourth-order valence-corrected chi connectivity index (χ4v) is 4.24. The molecule has 12 heteroatoms. The zero-order valence-corrected chi connectivity index (χ0v) is 19.9. The number of carbonyl (C=O) groups excluding carboxylic acids is 1. The van der Waals surface area contributed by atoms with E-state index < -0.39 is 17.5 Å². The first-order valence-electron chi connectivity index (χ1n) is 9.53. The number of carboxylic acid groups (broad SMARTS) is 1. The molecule has 3 rings (SSSR count). The van der Waals surface area contributed by atoms with Gasteiger partial charge >= 0.3 is 5.97 Å². The van der Waals surface area contributed by atoms with Crippen LogP contribution >= 0.6 is 27.7 Å². The van der Waals surface area contributed by atoms with Crippen LogP contribution in [0.2, 0.25) is 0 Å². The standard InChI is InChI=1S/C21H18BrN3O7S/c1-3-31-16-8-12(7-14(22)19(16)32-10-18(26)27)9-17-20(28)24-21(33-17)23-15-5-4-13(25(29)30)6-11(15)2/h4-9H,3,10H2,1-2H3,(H,26,27)(H,23,24,28)/b17-9+. The highest BCUT2D eigenvalue weighted by molar-refractivity contribution is 9.10. The first-order chi connectivity index (χ1) is 15.7. The Balaban J connectivity index is 1.87. The summed E-state index contributed by atoms with van der Waals surface area (Å²) in [4.78, 5) is 38.5. The highest BCUT2D eigenvalue weighted by Gasteiger charge is 2.25. The van der Waals surface area contributed by atoms with Crippen molar-refractivity contribution in [2.45, 2.75) is 13.8 Å². The maximum atomic E-state index is 12.4. The Morgan fingerprint density at radius 3 is 2.73 bits per heavy atom. The van der Waals surface area contributed by atoms with Gasteiger partial charge in [0.15, 0.2) is 23.3 Å². The third-order valence-corrected chi connectivity index (χ3v) is 5.73. The molecule has 0 unspecified atom stereocenters. The molecule has 0 saturated carbocycles. The van der Waals surface area contributed by atoms with Crippen LogP contribution in [0.4, 0.5) is 11.4 Å². The number of rotatable bonds is 8. The van der Waals surface area contributed by atoms with E-state index in [2.05, 4.69) is 26.2 Å². The molecule has 1 heterocycles. The lowest BCUT2D eigenvalue weighted by atomic mass is 10.2.